The molecule has 1 radical (unpaired) electrons. The van der Waals surface area contributed by atoms with Crippen molar-refractivity contribution in [1.29, 1.82) is 0 Å². The predicted molar refractivity (Wildman–Crippen MR) is 116 cm³/mol. The quantitative estimate of drug-likeness (QED) is 0.387. The first-order valence-corrected chi connectivity index (χ1v) is 10.2. The van der Waals surface area contributed by atoms with Crippen LogP contribution in [0.25, 0.3) is 16.9 Å². The van der Waals surface area contributed by atoms with Crippen LogP contribution in [0.1, 0.15) is 12.8 Å². The molecule has 3 N–H and O–H groups in total. The van der Waals surface area contributed by atoms with E-state index in [4.69, 9.17) is 9.72 Å². The van der Waals surface area contributed by atoms with Crippen LogP contribution in [0.2, 0.25) is 6.82 Å². The average Bonchev–Trinajstić information content (AvgIpc) is 3.43. The van der Waals surface area contributed by atoms with Crippen LogP contribution in [0, 0.1) is 5.92 Å². The molecule has 3 heterocycles. The zero-order chi connectivity index (χ0) is 20.9. The zero-order valence-corrected chi connectivity index (χ0v) is 17.0. The molecule has 1 aliphatic heterocycles. The summed E-state index contributed by atoms with van der Waals surface area (Å²) in [6.45, 7) is 4.38. The van der Waals surface area contributed by atoms with Gasteiger partial charge in [0.2, 0.25) is 5.91 Å². The van der Waals surface area contributed by atoms with Gasteiger partial charge in [-0.1, -0.05) is 19.0 Å². The SMILES string of the molecule is C[B]c1cnn2c(NCCCNC(=O)C3CCOC3)cc(-c3ccccc3O)nc12. The molecule has 0 bridgehead atoms. The summed E-state index contributed by atoms with van der Waals surface area (Å²) >= 11 is 0. The number of hydrogen-bond donors (Lipinski definition) is 3. The number of phenolic OH excluding ortho intramolecular Hbond substituents is 1. The Balaban J connectivity index is 1.46. The molecule has 1 saturated heterocycles. The molecular formula is C21H25BN5O3. The number of fused-ring (bicyclic) bond motifs is 1. The van der Waals surface area contributed by atoms with Gasteiger partial charge >= 0.3 is 0 Å². The van der Waals surface area contributed by atoms with Gasteiger partial charge in [-0.2, -0.15) is 9.61 Å². The van der Waals surface area contributed by atoms with Crippen molar-refractivity contribution in [3.05, 3.63) is 36.5 Å². The molecule has 1 amide bonds. The van der Waals surface area contributed by atoms with Gasteiger partial charge in [-0.15, -0.1) is 0 Å². The number of nitrogens with zero attached hydrogens (tertiary/aromatic N) is 3. The third-order valence-corrected chi connectivity index (χ3v) is 5.25. The molecule has 1 aromatic carbocycles. The number of phenols is 1. The van der Waals surface area contributed by atoms with E-state index in [2.05, 4.69) is 15.7 Å². The van der Waals surface area contributed by atoms with Crippen LogP contribution >= 0.6 is 0 Å². The van der Waals surface area contributed by atoms with Gasteiger partial charge in [0.1, 0.15) is 11.6 Å². The van der Waals surface area contributed by atoms with Gasteiger partial charge in [0.15, 0.2) is 12.9 Å². The minimum Gasteiger partial charge on any atom is -0.507 e. The van der Waals surface area contributed by atoms with Crippen LogP contribution < -0.4 is 16.1 Å². The topological polar surface area (TPSA) is 101 Å². The summed E-state index contributed by atoms with van der Waals surface area (Å²) in [7, 11) is 1.95. The second-order valence-corrected chi connectivity index (χ2v) is 7.30. The summed E-state index contributed by atoms with van der Waals surface area (Å²) in [5, 5.41) is 21.1. The first-order chi connectivity index (χ1) is 14.7. The van der Waals surface area contributed by atoms with Crippen molar-refractivity contribution in [1.82, 2.24) is 19.9 Å². The Hall–Kier alpha value is -3.07. The highest BCUT2D eigenvalue weighted by molar-refractivity contribution is 6.54. The Morgan fingerprint density at radius 1 is 1.37 bits per heavy atom. The normalized spacial score (nSPS) is 16.0. The smallest absolute Gasteiger partial charge is 0.225 e. The maximum Gasteiger partial charge on any atom is 0.225 e. The minimum absolute atomic E-state index is 0.0216. The van der Waals surface area contributed by atoms with Gasteiger partial charge in [0, 0.05) is 37.5 Å². The van der Waals surface area contributed by atoms with Crippen molar-refractivity contribution in [2.24, 2.45) is 5.92 Å². The first kappa shape index (κ1) is 20.2. The fourth-order valence-electron chi connectivity index (χ4n) is 3.54. The molecule has 1 aliphatic rings. The highest BCUT2D eigenvalue weighted by atomic mass is 16.5. The van der Waals surface area contributed by atoms with E-state index in [1.807, 2.05) is 32.3 Å². The second-order valence-electron chi connectivity index (χ2n) is 7.30. The van der Waals surface area contributed by atoms with E-state index >= 15 is 0 Å². The molecule has 30 heavy (non-hydrogen) atoms. The monoisotopic (exact) mass is 406 g/mol. The van der Waals surface area contributed by atoms with Crippen molar-refractivity contribution in [3.63, 3.8) is 0 Å². The highest BCUT2D eigenvalue weighted by Crippen LogP contribution is 2.29. The van der Waals surface area contributed by atoms with E-state index < -0.39 is 0 Å². The van der Waals surface area contributed by atoms with Gasteiger partial charge in [0.25, 0.3) is 0 Å². The van der Waals surface area contributed by atoms with Crippen LogP contribution in [-0.4, -0.2) is 59.2 Å². The number of benzene rings is 1. The van der Waals surface area contributed by atoms with Crippen LogP contribution in [-0.2, 0) is 9.53 Å². The van der Waals surface area contributed by atoms with E-state index in [-0.39, 0.29) is 17.6 Å². The lowest BCUT2D eigenvalue weighted by Gasteiger charge is -2.13. The maximum atomic E-state index is 12.1. The van der Waals surface area contributed by atoms with E-state index in [9.17, 15) is 9.90 Å². The molecule has 1 atom stereocenters. The number of hydrogen-bond acceptors (Lipinski definition) is 6. The van der Waals surface area contributed by atoms with Crippen LogP contribution in [0.4, 0.5) is 5.82 Å². The number of nitrogens with one attached hydrogen (secondary N) is 2. The molecule has 1 unspecified atom stereocenters. The molecule has 2 aromatic heterocycles. The number of para-hydroxylation sites is 1. The van der Waals surface area contributed by atoms with E-state index in [0.717, 1.165) is 29.8 Å². The number of aromatic hydroxyl groups is 1. The average molecular weight is 406 g/mol. The lowest BCUT2D eigenvalue weighted by atomic mass is 9.75. The van der Waals surface area contributed by atoms with E-state index in [1.165, 1.54) is 0 Å². The molecule has 1 fully saturated rings. The Bertz CT molecular complexity index is 1030. The van der Waals surface area contributed by atoms with E-state index in [1.54, 1.807) is 22.8 Å². The second kappa shape index (κ2) is 9.17. The summed E-state index contributed by atoms with van der Waals surface area (Å²) in [6, 6.07) is 9.02. The van der Waals surface area contributed by atoms with Crippen molar-refractivity contribution in [3.8, 4) is 17.0 Å². The number of carbonyl (C=O) groups is 1. The summed E-state index contributed by atoms with van der Waals surface area (Å²) < 4.78 is 7.02. The Kier molecular flexibility index (Phi) is 6.18. The molecule has 9 heteroatoms. The summed E-state index contributed by atoms with van der Waals surface area (Å²) in [5.74, 6) is 1.00. The van der Waals surface area contributed by atoms with Crippen LogP contribution in [0.5, 0.6) is 5.75 Å². The highest BCUT2D eigenvalue weighted by Gasteiger charge is 2.22. The molecule has 4 rings (SSSR count). The maximum absolute atomic E-state index is 12.1. The first-order valence-electron chi connectivity index (χ1n) is 10.2. The van der Waals surface area contributed by atoms with Crippen molar-refractivity contribution in [2.45, 2.75) is 19.7 Å². The van der Waals surface area contributed by atoms with Crippen LogP contribution in [0.15, 0.2) is 36.5 Å². The molecule has 3 aromatic rings. The largest absolute Gasteiger partial charge is 0.507 e. The van der Waals surface area contributed by atoms with Crippen molar-refractivity contribution < 1.29 is 14.6 Å². The summed E-state index contributed by atoms with van der Waals surface area (Å²) in [5.41, 5.74) is 2.97. The Morgan fingerprint density at radius 2 is 2.23 bits per heavy atom. The number of anilines is 1. The van der Waals surface area contributed by atoms with Gasteiger partial charge in [-0.3, -0.25) is 4.79 Å². The minimum atomic E-state index is -0.0216. The standard InChI is InChI=1S/C21H25BN5O3/c1-22-16-12-25-27-19(23-8-4-9-24-21(29)14-7-10-30-13-14)11-17(26-20(16)27)15-5-2-3-6-18(15)28/h2-3,5-6,11-12,14,23,28H,4,7-10,13H2,1H3,(H,24,29). The number of rotatable bonds is 8. The molecule has 0 saturated carbocycles. The predicted octanol–water partition coefficient (Wildman–Crippen LogP) is 1.43. The molecular weight excluding hydrogens is 381 g/mol. The molecule has 155 valence electrons. The summed E-state index contributed by atoms with van der Waals surface area (Å²) in [4.78, 5) is 16.8. The summed E-state index contributed by atoms with van der Waals surface area (Å²) in [6.07, 6.45) is 3.33. The van der Waals surface area contributed by atoms with Gasteiger partial charge in [-0.05, 0) is 30.4 Å². The van der Waals surface area contributed by atoms with Crippen molar-refractivity contribution in [2.75, 3.05) is 31.6 Å². The number of carbonyl (C=O) groups excluding carboxylic acids is 1. The van der Waals surface area contributed by atoms with Crippen LogP contribution in [0.3, 0.4) is 0 Å². The molecule has 0 aliphatic carbocycles. The fraction of sp³-hybridized carbons (Fsp3) is 0.381. The number of ether oxygens (including phenoxy) is 1. The zero-order valence-electron chi connectivity index (χ0n) is 17.0. The number of aromatic nitrogens is 3. The fourth-order valence-corrected chi connectivity index (χ4v) is 3.54. The van der Waals surface area contributed by atoms with Gasteiger partial charge in [-0.25, -0.2) is 4.98 Å². The van der Waals surface area contributed by atoms with Gasteiger partial charge in [0.05, 0.1) is 18.2 Å². The molecule has 0 spiro atoms. The lowest BCUT2D eigenvalue weighted by molar-refractivity contribution is -0.124. The lowest BCUT2D eigenvalue weighted by Crippen LogP contribution is -2.32. The molecule has 8 nitrogen and oxygen atoms in total. The Morgan fingerprint density at radius 3 is 3.00 bits per heavy atom. The third kappa shape index (κ3) is 4.26. The number of amides is 1. The van der Waals surface area contributed by atoms with E-state index in [0.29, 0.717) is 37.6 Å². The van der Waals surface area contributed by atoms with Crippen molar-refractivity contribution >= 4 is 30.1 Å². The van der Waals surface area contributed by atoms with Gasteiger partial charge < -0.3 is 20.5 Å². The third-order valence-electron chi connectivity index (χ3n) is 5.25. The Labute approximate surface area is 175 Å².